The molecule has 194 valence electrons. The van der Waals surface area contributed by atoms with Gasteiger partial charge in [-0.15, -0.1) is 5.10 Å². The number of aromatic amines is 1. The Kier molecular flexibility index (Phi) is 7.85. The van der Waals surface area contributed by atoms with Crippen molar-refractivity contribution in [3.63, 3.8) is 0 Å². The molecule has 2 aliphatic carbocycles. The average molecular weight is 491 g/mol. The van der Waals surface area contributed by atoms with Crippen molar-refractivity contribution < 1.29 is 0 Å². The monoisotopic (exact) mass is 490 g/mol. The summed E-state index contributed by atoms with van der Waals surface area (Å²) in [5.41, 5.74) is 4.17. The van der Waals surface area contributed by atoms with E-state index in [2.05, 4.69) is 69.1 Å². The van der Waals surface area contributed by atoms with Crippen LogP contribution in [0.2, 0.25) is 0 Å². The smallest absolute Gasteiger partial charge is 0.252 e. The number of H-pyrrole nitrogens is 1. The van der Waals surface area contributed by atoms with Gasteiger partial charge in [-0.2, -0.15) is 0 Å². The van der Waals surface area contributed by atoms with Gasteiger partial charge in [0.25, 0.3) is 5.56 Å². The third-order valence-electron chi connectivity index (χ3n) is 8.49. The minimum absolute atomic E-state index is 0.0235. The normalized spacial score (nSPS) is 18.8. The zero-order chi connectivity index (χ0) is 25.1. The van der Waals surface area contributed by atoms with Crippen LogP contribution in [0.3, 0.4) is 0 Å². The molecule has 1 atom stereocenters. The number of benzene rings is 1. The number of nitrogens with zero attached hydrogens (tertiary/aromatic N) is 5. The molecule has 0 unspecified atom stereocenters. The maximum atomic E-state index is 13.3. The summed E-state index contributed by atoms with van der Waals surface area (Å²) in [5, 5.41) is 14.5. The van der Waals surface area contributed by atoms with E-state index in [9.17, 15) is 4.79 Å². The molecule has 36 heavy (non-hydrogen) atoms. The number of aromatic nitrogens is 5. The zero-order valence-electron chi connectivity index (χ0n) is 22.3. The zero-order valence-corrected chi connectivity index (χ0v) is 22.3. The Labute approximate surface area is 214 Å². The van der Waals surface area contributed by atoms with E-state index in [4.69, 9.17) is 0 Å². The Morgan fingerprint density at radius 2 is 1.75 bits per heavy atom. The average Bonchev–Trinajstić information content (AvgIpc) is 3.37. The number of hydrogen-bond donors (Lipinski definition) is 1. The summed E-state index contributed by atoms with van der Waals surface area (Å²) >= 11 is 0. The number of nitrogens with one attached hydrogen (secondary N) is 1. The molecule has 0 radical (unpaired) electrons. The van der Waals surface area contributed by atoms with Crippen molar-refractivity contribution in [1.82, 2.24) is 30.1 Å². The third-order valence-corrected chi connectivity index (χ3v) is 8.49. The molecule has 2 aliphatic rings. The molecule has 0 spiro atoms. The second kappa shape index (κ2) is 11.2. The molecule has 0 bridgehead atoms. The summed E-state index contributed by atoms with van der Waals surface area (Å²) in [6.45, 7) is 7.09. The Bertz CT molecular complexity index is 1220. The van der Waals surface area contributed by atoms with Gasteiger partial charge >= 0.3 is 0 Å². The predicted molar refractivity (Wildman–Crippen MR) is 144 cm³/mol. The van der Waals surface area contributed by atoms with Gasteiger partial charge in [-0.1, -0.05) is 57.9 Å². The van der Waals surface area contributed by atoms with Crippen LogP contribution in [0, 0.1) is 13.8 Å². The first kappa shape index (κ1) is 25.1. The fourth-order valence-electron chi connectivity index (χ4n) is 6.66. The summed E-state index contributed by atoms with van der Waals surface area (Å²) in [4.78, 5) is 19.1. The molecular formula is C29H42N6O. The molecule has 3 aromatic rings. The number of tetrazole rings is 1. The Hall–Kier alpha value is -2.54. The van der Waals surface area contributed by atoms with Crippen LogP contribution in [0.25, 0.3) is 10.9 Å². The van der Waals surface area contributed by atoms with E-state index < -0.39 is 0 Å². The van der Waals surface area contributed by atoms with E-state index in [1.165, 1.54) is 62.5 Å². The summed E-state index contributed by atoms with van der Waals surface area (Å²) in [5.74, 6) is 0.998. The number of fused-ring (bicyclic) bond motifs is 1. The maximum absolute atomic E-state index is 13.3. The van der Waals surface area contributed by atoms with Gasteiger partial charge in [0.15, 0.2) is 5.82 Å². The number of pyridine rings is 1. The lowest BCUT2D eigenvalue weighted by Gasteiger charge is -2.40. The van der Waals surface area contributed by atoms with E-state index in [1.54, 1.807) is 0 Å². The lowest BCUT2D eigenvalue weighted by Crippen LogP contribution is -2.41. The summed E-state index contributed by atoms with van der Waals surface area (Å²) in [7, 11) is 0. The van der Waals surface area contributed by atoms with Gasteiger partial charge in [0.1, 0.15) is 0 Å². The molecule has 2 fully saturated rings. The fraction of sp³-hybridized carbons (Fsp3) is 0.655. The molecule has 2 heterocycles. The van der Waals surface area contributed by atoms with E-state index in [1.807, 2.05) is 0 Å². The first-order valence-electron chi connectivity index (χ1n) is 14.2. The van der Waals surface area contributed by atoms with Crippen LogP contribution in [0.5, 0.6) is 0 Å². The van der Waals surface area contributed by atoms with Crippen molar-refractivity contribution in [2.24, 2.45) is 0 Å². The van der Waals surface area contributed by atoms with Gasteiger partial charge in [-0.3, -0.25) is 9.69 Å². The third kappa shape index (κ3) is 5.26. The van der Waals surface area contributed by atoms with Crippen LogP contribution in [0.15, 0.2) is 23.0 Å². The van der Waals surface area contributed by atoms with Crippen LogP contribution in [-0.4, -0.2) is 36.1 Å². The minimum Gasteiger partial charge on any atom is -0.322 e. The first-order chi connectivity index (χ1) is 17.5. The lowest BCUT2D eigenvalue weighted by atomic mass is 9.91. The van der Waals surface area contributed by atoms with Crippen LogP contribution in [0.1, 0.15) is 119 Å². The quantitative estimate of drug-likeness (QED) is 0.400. The summed E-state index contributed by atoms with van der Waals surface area (Å²) in [6.07, 6.45) is 14.3. The highest BCUT2D eigenvalue weighted by atomic mass is 16.1. The van der Waals surface area contributed by atoms with Gasteiger partial charge in [0, 0.05) is 29.1 Å². The van der Waals surface area contributed by atoms with E-state index in [-0.39, 0.29) is 11.6 Å². The topological polar surface area (TPSA) is 79.7 Å². The van der Waals surface area contributed by atoms with Crippen LogP contribution < -0.4 is 5.56 Å². The van der Waals surface area contributed by atoms with Crippen molar-refractivity contribution in [3.8, 4) is 0 Å². The van der Waals surface area contributed by atoms with Crippen molar-refractivity contribution in [2.75, 3.05) is 0 Å². The molecule has 0 saturated heterocycles. The van der Waals surface area contributed by atoms with Crippen LogP contribution >= 0.6 is 0 Å². The van der Waals surface area contributed by atoms with Crippen molar-refractivity contribution >= 4 is 10.9 Å². The van der Waals surface area contributed by atoms with Crippen molar-refractivity contribution in [3.05, 3.63) is 51.1 Å². The molecule has 0 aliphatic heterocycles. The highest BCUT2D eigenvalue weighted by Crippen LogP contribution is 2.36. The molecule has 7 nitrogen and oxygen atoms in total. The SMILES string of the molecule is CCC[C@H](c1nnnn1C1CCCCC1)N(Cc1cc2c(C)cc(C)cc2[nH]c1=O)C1CCCCC1. The second-order valence-electron chi connectivity index (χ2n) is 11.2. The molecular weight excluding hydrogens is 448 g/mol. The molecule has 7 heteroatoms. The largest absolute Gasteiger partial charge is 0.322 e. The molecule has 0 amide bonds. The first-order valence-corrected chi connectivity index (χ1v) is 14.2. The molecule has 2 aromatic heterocycles. The number of hydrogen-bond acceptors (Lipinski definition) is 5. The van der Waals surface area contributed by atoms with Gasteiger partial charge in [-0.25, -0.2) is 4.68 Å². The van der Waals surface area contributed by atoms with Crippen molar-refractivity contribution in [1.29, 1.82) is 0 Å². The van der Waals surface area contributed by atoms with E-state index >= 15 is 0 Å². The van der Waals surface area contributed by atoms with Gasteiger partial charge in [0.2, 0.25) is 0 Å². The predicted octanol–water partition coefficient (Wildman–Crippen LogP) is 6.31. The molecule has 5 rings (SSSR count). The Morgan fingerprint density at radius 3 is 2.47 bits per heavy atom. The number of rotatable bonds is 8. The standard InChI is InChI=1S/C29H42N6O/c1-4-11-27(28-31-32-33-35(28)24-14-9-6-10-15-24)34(23-12-7-5-8-13-23)19-22-18-25-21(3)16-20(2)17-26(25)30-29(22)36/h16-18,23-24,27H,4-15,19H2,1-3H3,(H,30,36)/t27-/m1/s1. The van der Waals surface area contributed by atoms with Crippen molar-refractivity contribution in [2.45, 2.75) is 122 Å². The molecule has 1 aromatic carbocycles. The second-order valence-corrected chi connectivity index (χ2v) is 11.2. The Morgan fingerprint density at radius 1 is 1.03 bits per heavy atom. The Balaban J connectivity index is 1.54. The van der Waals surface area contributed by atoms with Gasteiger partial charge in [0.05, 0.1) is 12.1 Å². The van der Waals surface area contributed by atoms with Gasteiger partial charge in [-0.05, 0) is 79.6 Å². The van der Waals surface area contributed by atoms with E-state index in [0.717, 1.165) is 48.0 Å². The number of aryl methyl sites for hydroxylation is 2. The highest BCUT2D eigenvalue weighted by molar-refractivity contribution is 5.83. The van der Waals surface area contributed by atoms with Gasteiger partial charge < -0.3 is 4.98 Å². The molecule has 1 N–H and O–H groups in total. The van der Waals surface area contributed by atoms with E-state index in [0.29, 0.717) is 18.6 Å². The summed E-state index contributed by atoms with van der Waals surface area (Å²) < 4.78 is 2.15. The summed E-state index contributed by atoms with van der Waals surface area (Å²) in [6, 6.07) is 7.36. The molecule has 2 saturated carbocycles. The minimum atomic E-state index is 0.0235. The van der Waals surface area contributed by atoms with Crippen LogP contribution in [-0.2, 0) is 6.54 Å². The lowest BCUT2D eigenvalue weighted by molar-refractivity contribution is 0.0789. The fourth-order valence-corrected chi connectivity index (χ4v) is 6.66. The highest BCUT2D eigenvalue weighted by Gasteiger charge is 2.34. The maximum Gasteiger partial charge on any atom is 0.252 e. The van der Waals surface area contributed by atoms with Crippen LogP contribution in [0.4, 0.5) is 0 Å².